The van der Waals surface area contributed by atoms with E-state index in [9.17, 15) is 4.79 Å². The second-order valence-electron chi connectivity index (χ2n) is 4.95. The number of hydrogen-bond acceptors (Lipinski definition) is 3. The third-order valence-corrected chi connectivity index (χ3v) is 5.24. The van der Waals surface area contributed by atoms with E-state index in [0.717, 1.165) is 24.4 Å². The highest BCUT2D eigenvalue weighted by molar-refractivity contribution is 9.10. The van der Waals surface area contributed by atoms with Gasteiger partial charge >= 0.3 is 0 Å². The van der Waals surface area contributed by atoms with Gasteiger partial charge in [-0.3, -0.25) is 4.79 Å². The van der Waals surface area contributed by atoms with Crippen molar-refractivity contribution in [2.24, 2.45) is 0 Å². The number of nitrogens with one attached hydrogen (secondary N) is 1. The zero-order valence-electron chi connectivity index (χ0n) is 10.5. The second kappa shape index (κ2) is 5.59. The first kappa shape index (κ1) is 13.1. The van der Waals surface area contributed by atoms with Gasteiger partial charge in [0.1, 0.15) is 10.3 Å². The molecule has 1 fully saturated rings. The average molecular weight is 339 g/mol. The number of aromatic amines is 1. The number of hydrogen-bond donors (Lipinski definition) is 1. The first-order valence-electron chi connectivity index (χ1n) is 6.55. The molecule has 1 aliphatic rings. The Bertz CT molecular complexity index is 615. The van der Waals surface area contributed by atoms with Crippen LogP contribution >= 0.6 is 27.3 Å². The largest absolute Gasteiger partial charge is 0.309 e. The molecule has 3 rings (SSSR count). The summed E-state index contributed by atoms with van der Waals surface area (Å²) < 4.78 is 0.620. The maximum atomic E-state index is 12.0. The van der Waals surface area contributed by atoms with E-state index in [-0.39, 0.29) is 5.56 Å². The monoisotopic (exact) mass is 338 g/mol. The van der Waals surface area contributed by atoms with Crippen LogP contribution in [0.15, 0.2) is 26.8 Å². The van der Waals surface area contributed by atoms with Crippen LogP contribution in [-0.2, 0) is 6.42 Å². The molecule has 2 aromatic heterocycles. The summed E-state index contributed by atoms with van der Waals surface area (Å²) in [5.41, 5.74) is 0.899. The van der Waals surface area contributed by atoms with Gasteiger partial charge < -0.3 is 4.98 Å². The van der Waals surface area contributed by atoms with Gasteiger partial charge in [0.15, 0.2) is 0 Å². The molecule has 0 spiro atoms. The molecule has 0 amide bonds. The van der Waals surface area contributed by atoms with Crippen LogP contribution in [0, 0.1) is 0 Å². The lowest BCUT2D eigenvalue weighted by atomic mass is 10.0. The van der Waals surface area contributed by atoms with Crippen molar-refractivity contribution in [1.82, 2.24) is 9.97 Å². The van der Waals surface area contributed by atoms with E-state index < -0.39 is 0 Å². The lowest BCUT2D eigenvalue weighted by molar-refractivity contribution is 0.678. The fraction of sp³-hybridized carbons (Fsp3) is 0.429. The molecule has 100 valence electrons. The molecule has 3 nitrogen and oxygen atoms in total. The summed E-state index contributed by atoms with van der Waals surface area (Å²) in [7, 11) is 0. The SMILES string of the molecule is O=c1[nH]c(Cc2cccs2)nc(C2CCCC2)c1Br. The smallest absolute Gasteiger partial charge is 0.265 e. The molecule has 1 N–H and O–H groups in total. The zero-order valence-corrected chi connectivity index (χ0v) is 12.9. The van der Waals surface area contributed by atoms with Crippen LogP contribution in [0.25, 0.3) is 0 Å². The number of halogens is 1. The second-order valence-corrected chi connectivity index (χ2v) is 6.77. The molecule has 1 aliphatic carbocycles. The lowest BCUT2D eigenvalue weighted by Crippen LogP contribution is -2.17. The highest BCUT2D eigenvalue weighted by Crippen LogP contribution is 2.35. The normalized spacial score (nSPS) is 16.1. The summed E-state index contributed by atoms with van der Waals surface area (Å²) in [6.07, 6.45) is 5.48. The number of aromatic nitrogens is 2. The van der Waals surface area contributed by atoms with Crippen LogP contribution in [0.5, 0.6) is 0 Å². The van der Waals surface area contributed by atoms with E-state index in [1.165, 1.54) is 17.7 Å². The third-order valence-electron chi connectivity index (χ3n) is 3.60. The van der Waals surface area contributed by atoms with Crippen molar-refractivity contribution in [2.45, 2.75) is 38.0 Å². The third kappa shape index (κ3) is 2.82. The number of nitrogens with zero attached hydrogens (tertiary/aromatic N) is 1. The van der Waals surface area contributed by atoms with Crippen LogP contribution in [0.2, 0.25) is 0 Å². The van der Waals surface area contributed by atoms with Gasteiger partial charge in [-0.15, -0.1) is 11.3 Å². The topological polar surface area (TPSA) is 45.8 Å². The van der Waals surface area contributed by atoms with Gasteiger partial charge in [0.2, 0.25) is 0 Å². The minimum Gasteiger partial charge on any atom is -0.309 e. The Hall–Kier alpha value is -0.940. The van der Waals surface area contributed by atoms with Crippen LogP contribution in [0.4, 0.5) is 0 Å². The van der Waals surface area contributed by atoms with Crippen molar-refractivity contribution in [3.05, 3.63) is 48.7 Å². The first-order chi connectivity index (χ1) is 9.24. The van der Waals surface area contributed by atoms with Gasteiger partial charge in [-0.05, 0) is 40.2 Å². The van der Waals surface area contributed by atoms with Crippen LogP contribution in [0.3, 0.4) is 0 Å². The molecule has 0 unspecified atom stereocenters. The molecule has 0 saturated heterocycles. The van der Waals surface area contributed by atoms with E-state index in [1.54, 1.807) is 11.3 Å². The number of rotatable bonds is 3. The van der Waals surface area contributed by atoms with E-state index in [0.29, 0.717) is 16.8 Å². The van der Waals surface area contributed by atoms with Crippen LogP contribution < -0.4 is 5.56 Å². The van der Waals surface area contributed by atoms with Crippen LogP contribution in [-0.4, -0.2) is 9.97 Å². The highest BCUT2D eigenvalue weighted by atomic mass is 79.9. The maximum absolute atomic E-state index is 12.0. The quantitative estimate of drug-likeness (QED) is 0.923. The standard InChI is InChI=1S/C14H15BrN2OS/c15-12-13(9-4-1-2-5-9)16-11(17-14(12)18)8-10-6-3-7-19-10/h3,6-7,9H,1-2,4-5,8H2,(H,16,17,18). The minimum absolute atomic E-state index is 0.0524. The fourth-order valence-electron chi connectivity index (χ4n) is 2.66. The van der Waals surface area contributed by atoms with Gasteiger partial charge in [-0.2, -0.15) is 0 Å². The molecule has 0 radical (unpaired) electrons. The Morgan fingerprint density at radius 3 is 2.89 bits per heavy atom. The molecule has 0 aromatic carbocycles. The molecule has 2 aromatic rings. The Labute approximate surface area is 124 Å². The summed E-state index contributed by atoms with van der Waals surface area (Å²) in [5, 5.41) is 2.05. The molecule has 0 bridgehead atoms. The summed E-state index contributed by atoms with van der Waals surface area (Å²) >= 11 is 5.09. The van der Waals surface area contributed by atoms with Crippen molar-refractivity contribution in [1.29, 1.82) is 0 Å². The highest BCUT2D eigenvalue weighted by Gasteiger charge is 2.23. The Morgan fingerprint density at radius 1 is 1.42 bits per heavy atom. The predicted octanol–water partition coefficient (Wildman–Crippen LogP) is 3.84. The molecule has 2 heterocycles. The predicted molar refractivity (Wildman–Crippen MR) is 80.9 cm³/mol. The number of thiophene rings is 1. The molecule has 0 atom stereocenters. The zero-order chi connectivity index (χ0) is 13.2. The summed E-state index contributed by atoms with van der Waals surface area (Å²) in [4.78, 5) is 20.8. The molecular formula is C14H15BrN2OS. The summed E-state index contributed by atoms with van der Waals surface area (Å²) in [5.74, 6) is 1.22. The van der Waals surface area contributed by atoms with Crippen molar-refractivity contribution in [3.8, 4) is 0 Å². The molecule has 19 heavy (non-hydrogen) atoms. The summed E-state index contributed by atoms with van der Waals surface area (Å²) in [6, 6.07) is 4.09. The molecular weight excluding hydrogens is 324 g/mol. The number of H-pyrrole nitrogens is 1. The average Bonchev–Trinajstić information content (AvgIpc) is 3.06. The molecule has 5 heteroatoms. The van der Waals surface area contributed by atoms with Gasteiger partial charge in [-0.1, -0.05) is 18.9 Å². The van der Waals surface area contributed by atoms with Gasteiger partial charge in [-0.25, -0.2) is 4.98 Å². The maximum Gasteiger partial charge on any atom is 0.265 e. The van der Waals surface area contributed by atoms with Gasteiger partial charge in [0.05, 0.1) is 5.69 Å². The van der Waals surface area contributed by atoms with Crippen molar-refractivity contribution >= 4 is 27.3 Å². The van der Waals surface area contributed by atoms with E-state index in [1.807, 2.05) is 11.4 Å². The van der Waals surface area contributed by atoms with E-state index in [2.05, 4.69) is 27.0 Å². The van der Waals surface area contributed by atoms with E-state index in [4.69, 9.17) is 4.98 Å². The van der Waals surface area contributed by atoms with Gasteiger partial charge in [0, 0.05) is 17.2 Å². The van der Waals surface area contributed by atoms with Crippen molar-refractivity contribution in [3.63, 3.8) is 0 Å². The Balaban J connectivity index is 1.95. The lowest BCUT2D eigenvalue weighted by Gasteiger charge is -2.11. The molecule has 0 aliphatic heterocycles. The fourth-order valence-corrected chi connectivity index (χ4v) is 3.88. The van der Waals surface area contributed by atoms with Crippen molar-refractivity contribution < 1.29 is 0 Å². The Morgan fingerprint density at radius 2 is 2.21 bits per heavy atom. The molecule has 1 saturated carbocycles. The summed E-state index contributed by atoms with van der Waals surface area (Å²) in [6.45, 7) is 0. The van der Waals surface area contributed by atoms with Crippen LogP contribution in [0.1, 0.15) is 48.0 Å². The minimum atomic E-state index is -0.0524. The van der Waals surface area contributed by atoms with Crippen molar-refractivity contribution in [2.75, 3.05) is 0 Å². The van der Waals surface area contributed by atoms with E-state index >= 15 is 0 Å². The van der Waals surface area contributed by atoms with Gasteiger partial charge in [0.25, 0.3) is 5.56 Å². The Kier molecular flexibility index (Phi) is 3.84. The first-order valence-corrected chi connectivity index (χ1v) is 8.22.